The predicted molar refractivity (Wildman–Crippen MR) is 67.2 cm³/mol. The van der Waals surface area contributed by atoms with Crippen LogP contribution in [0.3, 0.4) is 0 Å². The summed E-state index contributed by atoms with van der Waals surface area (Å²) in [6, 6.07) is 9.85. The van der Waals surface area contributed by atoms with Crippen LogP contribution in [-0.2, 0) is 0 Å². The average Bonchev–Trinajstić information content (AvgIpc) is 2.38. The molecule has 82 valence electrons. The van der Waals surface area contributed by atoms with Crippen molar-refractivity contribution in [2.75, 3.05) is 5.73 Å². The van der Waals surface area contributed by atoms with Gasteiger partial charge in [0.25, 0.3) is 0 Å². The fraction of sp³-hybridized carbons (Fsp3) is 0. The monoisotopic (exact) mass is 222 g/mol. The molecule has 0 spiro atoms. The zero-order valence-electron chi connectivity index (χ0n) is 9.04. The van der Waals surface area contributed by atoms with Gasteiger partial charge in [-0.3, -0.25) is 4.98 Å². The van der Waals surface area contributed by atoms with Crippen molar-refractivity contribution in [3.63, 3.8) is 0 Å². The summed E-state index contributed by atoms with van der Waals surface area (Å²) in [7, 11) is 0. The van der Waals surface area contributed by atoms with E-state index in [-0.39, 0.29) is 5.95 Å². The lowest BCUT2D eigenvalue weighted by atomic mass is 10.0. The number of nitrogen functional groups attached to an aromatic ring is 1. The summed E-state index contributed by atoms with van der Waals surface area (Å²) in [6.07, 6.45) is 5.28. The second-order valence-electron chi connectivity index (χ2n) is 3.70. The summed E-state index contributed by atoms with van der Waals surface area (Å²) in [5.41, 5.74) is 7.47. The van der Waals surface area contributed by atoms with Crippen molar-refractivity contribution >= 4 is 16.7 Å². The third kappa shape index (κ3) is 1.69. The van der Waals surface area contributed by atoms with E-state index in [1.54, 1.807) is 12.4 Å². The first kappa shape index (κ1) is 9.72. The minimum atomic E-state index is 0.286. The summed E-state index contributed by atoms with van der Waals surface area (Å²) in [6.45, 7) is 0. The van der Waals surface area contributed by atoms with Gasteiger partial charge < -0.3 is 5.73 Å². The Morgan fingerprint density at radius 2 is 1.94 bits per heavy atom. The van der Waals surface area contributed by atoms with Crippen molar-refractivity contribution in [1.82, 2.24) is 15.0 Å². The molecule has 0 aliphatic carbocycles. The molecule has 3 aromatic rings. The van der Waals surface area contributed by atoms with Crippen LogP contribution in [0, 0.1) is 0 Å². The maximum Gasteiger partial charge on any atom is 0.220 e. The minimum absolute atomic E-state index is 0.286. The predicted octanol–water partition coefficient (Wildman–Crippen LogP) is 2.27. The highest BCUT2D eigenvalue weighted by atomic mass is 15.0. The number of anilines is 1. The summed E-state index contributed by atoms with van der Waals surface area (Å²) in [5, 5.41) is 2.20. The summed E-state index contributed by atoms with van der Waals surface area (Å²) in [5.74, 6) is 0.286. The van der Waals surface area contributed by atoms with Gasteiger partial charge in [-0.15, -0.1) is 0 Å². The van der Waals surface area contributed by atoms with E-state index in [0.29, 0.717) is 0 Å². The zero-order valence-corrected chi connectivity index (χ0v) is 9.04. The maximum absolute atomic E-state index is 5.61. The molecule has 0 atom stereocenters. The van der Waals surface area contributed by atoms with Gasteiger partial charge in [0.15, 0.2) is 0 Å². The standard InChI is InChI=1S/C13H10N4/c14-13-16-7-5-12(17-13)11-3-1-2-9-8-15-6-4-10(9)11/h1-8H,(H2,14,16,17). The normalized spacial score (nSPS) is 10.6. The van der Waals surface area contributed by atoms with Crippen molar-refractivity contribution < 1.29 is 0 Å². The van der Waals surface area contributed by atoms with E-state index in [2.05, 4.69) is 15.0 Å². The molecule has 0 unspecified atom stereocenters. The molecule has 0 bridgehead atoms. The first-order valence-corrected chi connectivity index (χ1v) is 5.26. The zero-order chi connectivity index (χ0) is 11.7. The Labute approximate surface area is 98.2 Å². The van der Waals surface area contributed by atoms with Crippen LogP contribution in [0.25, 0.3) is 22.0 Å². The van der Waals surface area contributed by atoms with Crippen molar-refractivity contribution in [2.24, 2.45) is 0 Å². The molecule has 4 nitrogen and oxygen atoms in total. The van der Waals surface area contributed by atoms with E-state index in [1.807, 2.05) is 36.5 Å². The van der Waals surface area contributed by atoms with Gasteiger partial charge in [-0.25, -0.2) is 9.97 Å². The molecule has 0 saturated carbocycles. The SMILES string of the molecule is Nc1nccc(-c2cccc3cnccc23)n1. The molecular weight excluding hydrogens is 212 g/mol. The second-order valence-corrected chi connectivity index (χ2v) is 3.70. The lowest BCUT2D eigenvalue weighted by Crippen LogP contribution is -1.95. The van der Waals surface area contributed by atoms with Crippen LogP contribution in [0.1, 0.15) is 0 Å². The molecule has 0 amide bonds. The number of benzene rings is 1. The summed E-state index contributed by atoms with van der Waals surface area (Å²) >= 11 is 0. The number of fused-ring (bicyclic) bond motifs is 1. The molecular formula is C13H10N4. The van der Waals surface area contributed by atoms with Gasteiger partial charge in [0.1, 0.15) is 0 Å². The number of rotatable bonds is 1. The molecule has 0 fully saturated rings. The average molecular weight is 222 g/mol. The van der Waals surface area contributed by atoms with Crippen LogP contribution in [-0.4, -0.2) is 15.0 Å². The highest BCUT2D eigenvalue weighted by Gasteiger charge is 2.04. The molecule has 2 aromatic heterocycles. The molecule has 0 radical (unpaired) electrons. The molecule has 3 rings (SSSR count). The summed E-state index contributed by atoms with van der Waals surface area (Å²) in [4.78, 5) is 12.2. The van der Waals surface area contributed by atoms with E-state index in [9.17, 15) is 0 Å². The van der Waals surface area contributed by atoms with Crippen LogP contribution in [0.2, 0.25) is 0 Å². The third-order valence-corrected chi connectivity index (χ3v) is 2.63. The second kappa shape index (κ2) is 3.83. The topological polar surface area (TPSA) is 64.7 Å². The number of hydrogen-bond donors (Lipinski definition) is 1. The lowest BCUT2D eigenvalue weighted by molar-refractivity contribution is 1.19. The Kier molecular flexibility index (Phi) is 2.19. The fourth-order valence-corrected chi connectivity index (χ4v) is 1.87. The molecule has 0 aliphatic heterocycles. The van der Waals surface area contributed by atoms with Gasteiger partial charge in [0.2, 0.25) is 5.95 Å². The Hall–Kier alpha value is -2.49. The van der Waals surface area contributed by atoms with Gasteiger partial charge in [0, 0.05) is 29.5 Å². The molecule has 1 aromatic carbocycles. The number of hydrogen-bond acceptors (Lipinski definition) is 4. The van der Waals surface area contributed by atoms with Crippen molar-refractivity contribution in [3.8, 4) is 11.3 Å². The smallest absolute Gasteiger partial charge is 0.220 e. The first-order chi connectivity index (χ1) is 8.34. The molecule has 0 aliphatic rings. The number of pyridine rings is 1. The van der Waals surface area contributed by atoms with E-state index in [4.69, 9.17) is 5.73 Å². The Morgan fingerprint density at radius 3 is 2.82 bits per heavy atom. The van der Waals surface area contributed by atoms with Crippen molar-refractivity contribution in [1.29, 1.82) is 0 Å². The first-order valence-electron chi connectivity index (χ1n) is 5.26. The van der Waals surface area contributed by atoms with Crippen LogP contribution in [0.5, 0.6) is 0 Å². The van der Waals surface area contributed by atoms with E-state index < -0.39 is 0 Å². The van der Waals surface area contributed by atoms with Gasteiger partial charge in [0.05, 0.1) is 5.69 Å². The number of nitrogens with two attached hydrogens (primary N) is 1. The molecule has 2 heterocycles. The van der Waals surface area contributed by atoms with Crippen LogP contribution in [0.4, 0.5) is 5.95 Å². The van der Waals surface area contributed by atoms with E-state index >= 15 is 0 Å². The van der Waals surface area contributed by atoms with Gasteiger partial charge >= 0.3 is 0 Å². The molecule has 2 N–H and O–H groups in total. The Bertz CT molecular complexity index is 674. The van der Waals surface area contributed by atoms with Crippen LogP contribution in [0.15, 0.2) is 48.9 Å². The van der Waals surface area contributed by atoms with Gasteiger partial charge in [-0.2, -0.15) is 0 Å². The fourth-order valence-electron chi connectivity index (χ4n) is 1.87. The highest BCUT2D eigenvalue weighted by molar-refractivity contribution is 5.95. The number of nitrogens with zero attached hydrogens (tertiary/aromatic N) is 3. The molecule has 0 saturated heterocycles. The maximum atomic E-state index is 5.61. The lowest BCUT2D eigenvalue weighted by Gasteiger charge is -2.05. The van der Waals surface area contributed by atoms with Crippen LogP contribution < -0.4 is 5.73 Å². The Balaban J connectivity index is 2.30. The Morgan fingerprint density at radius 1 is 1.00 bits per heavy atom. The van der Waals surface area contributed by atoms with E-state index in [1.165, 1.54) is 0 Å². The third-order valence-electron chi connectivity index (χ3n) is 2.63. The number of aromatic nitrogens is 3. The van der Waals surface area contributed by atoms with Gasteiger partial charge in [-0.05, 0) is 17.5 Å². The molecule has 17 heavy (non-hydrogen) atoms. The van der Waals surface area contributed by atoms with Gasteiger partial charge in [-0.1, -0.05) is 18.2 Å². The summed E-state index contributed by atoms with van der Waals surface area (Å²) < 4.78 is 0. The van der Waals surface area contributed by atoms with Crippen LogP contribution >= 0.6 is 0 Å². The minimum Gasteiger partial charge on any atom is -0.368 e. The van der Waals surface area contributed by atoms with Crippen molar-refractivity contribution in [2.45, 2.75) is 0 Å². The van der Waals surface area contributed by atoms with E-state index in [0.717, 1.165) is 22.0 Å². The largest absolute Gasteiger partial charge is 0.368 e. The highest BCUT2D eigenvalue weighted by Crippen LogP contribution is 2.26. The van der Waals surface area contributed by atoms with Crippen molar-refractivity contribution in [3.05, 3.63) is 48.9 Å². The molecule has 4 heteroatoms. The quantitative estimate of drug-likeness (QED) is 0.686.